The normalized spacial score (nSPS) is 14.9. The van der Waals surface area contributed by atoms with Crippen molar-refractivity contribution in [1.82, 2.24) is 14.6 Å². The van der Waals surface area contributed by atoms with Gasteiger partial charge in [-0.2, -0.15) is 4.52 Å². The SMILES string of the molecule is CC(C)C(=O)Nc1c(-c2cccc(F)c2)nc2sc(N3CCCCC3)nn12. The summed E-state index contributed by atoms with van der Waals surface area (Å²) in [6.45, 7) is 5.63. The molecule has 0 atom stereocenters. The first-order valence-electron chi connectivity index (χ1n) is 9.24. The third-order valence-electron chi connectivity index (χ3n) is 4.68. The molecule has 3 aromatic rings. The first-order valence-corrected chi connectivity index (χ1v) is 10.1. The molecule has 142 valence electrons. The summed E-state index contributed by atoms with van der Waals surface area (Å²) in [5, 5.41) is 8.54. The van der Waals surface area contributed by atoms with Crippen LogP contribution in [0, 0.1) is 11.7 Å². The van der Waals surface area contributed by atoms with Gasteiger partial charge in [0.05, 0.1) is 0 Å². The van der Waals surface area contributed by atoms with Gasteiger partial charge >= 0.3 is 0 Å². The third kappa shape index (κ3) is 3.53. The molecule has 8 heteroatoms. The zero-order valence-electron chi connectivity index (χ0n) is 15.4. The van der Waals surface area contributed by atoms with Gasteiger partial charge in [-0.3, -0.25) is 4.79 Å². The molecule has 3 heterocycles. The monoisotopic (exact) mass is 387 g/mol. The van der Waals surface area contributed by atoms with Crippen molar-refractivity contribution in [2.24, 2.45) is 5.92 Å². The number of hydrogen-bond acceptors (Lipinski definition) is 5. The number of aromatic nitrogens is 3. The second kappa shape index (κ2) is 7.26. The largest absolute Gasteiger partial charge is 0.347 e. The van der Waals surface area contributed by atoms with Gasteiger partial charge in [-0.15, -0.1) is 5.10 Å². The van der Waals surface area contributed by atoms with Crippen molar-refractivity contribution in [3.63, 3.8) is 0 Å². The van der Waals surface area contributed by atoms with E-state index in [9.17, 15) is 9.18 Å². The number of benzene rings is 1. The maximum Gasteiger partial charge on any atom is 0.228 e. The summed E-state index contributed by atoms with van der Waals surface area (Å²) in [6.07, 6.45) is 3.57. The molecule has 2 aromatic heterocycles. The van der Waals surface area contributed by atoms with E-state index in [2.05, 4.69) is 15.2 Å². The Morgan fingerprint density at radius 1 is 1.26 bits per heavy atom. The van der Waals surface area contributed by atoms with Crippen molar-refractivity contribution in [2.75, 3.05) is 23.3 Å². The van der Waals surface area contributed by atoms with Crippen molar-refractivity contribution in [3.8, 4) is 11.3 Å². The van der Waals surface area contributed by atoms with E-state index in [1.807, 2.05) is 13.8 Å². The van der Waals surface area contributed by atoms with E-state index in [0.717, 1.165) is 31.1 Å². The fraction of sp³-hybridized carbons (Fsp3) is 0.421. The lowest BCUT2D eigenvalue weighted by atomic mass is 10.1. The van der Waals surface area contributed by atoms with Gasteiger partial charge in [0.2, 0.25) is 16.0 Å². The molecule has 6 nitrogen and oxygen atoms in total. The van der Waals surface area contributed by atoms with Crippen molar-refractivity contribution in [2.45, 2.75) is 33.1 Å². The van der Waals surface area contributed by atoms with Gasteiger partial charge in [0.1, 0.15) is 11.5 Å². The Bertz CT molecular complexity index is 974. The highest BCUT2D eigenvalue weighted by atomic mass is 32.1. The average Bonchev–Trinajstić information content (AvgIpc) is 3.21. The molecule has 1 amide bonds. The number of carbonyl (C=O) groups excluding carboxylic acids is 1. The van der Waals surface area contributed by atoms with Gasteiger partial charge in [0.15, 0.2) is 5.82 Å². The molecule has 0 saturated carbocycles. The highest BCUT2D eigenvalue weighted by Gasteiger charge is 2.23. The zero-order chi connectivity index (χ0) is 19.0. The van der Waals surface area contributed by atoms with Crippen LogP contribution >= 0.6 is 11.3 Å². The summed E-state index contributed by atoms with van der Waals surface area (Å²) < 4.78 is 15.4. The van der Waals surface area contributed by atoms with Crippen LogP contribution in [0.25, 0.3) is 16.2 Å². The smallest absolute Gasteiger partial charge is 0.228 e. The minimum absolute atomic E-state index is 0.123. The molecule has 1 aliphatic rings. The third-order valence-corrected chi connectivity index (χ3v) is 5.65. The molecular formula is C19H22FN5OS. The van der Waals surface area contributed by atoms with Crippen molar-refractivity contribution in [3.05, 3.63) is 30.1 Å². The molecule has 4 rings (SSSR count). The Hall–Kier alpha value is -2.48. The fourth-order valence-corrected chi connectivity index (χ4v) is 4.11. The van der Waals surface area contributed by atoms with Crippen LogP contribution in [0.4, 0.5) is 15.3 Å². The van der Waals surface area contributed by atoms with E-state index in [1.54, 1.807) is 16.6 Å². The lowest BCUT2D eigenvalue weighted by molar-refractivity contribution is -0.118. The van der Waals surface area contributed by atoms with E-state index in [4.69, 9.17) is 5.10 Å². The number of halogens is 1. The molecule has 1 aromatic carbocycles. The van der Waals surface area contributed by atoms with E-state index < -0.39 is 0 Å². The Labute approximate surface area is 161 Å². The first-order chi connectivity index (χ1) is 13.0. The van der Waals surface area contributed by atoms with Gasteiger partial charge in [-0.05, 0) is 31.4 Å². The number of nitrogens with zero attached hydrogens (tertiary/aromatic N) is 4. The number of fused-ring (bicyclic) bond motifs is 1. The number of piperidine rings is 1. The molecule has 1 saturated heterocycles. The molecule has 0 radical (unpaired) electrons. The standard InChI is InChI=1S/C19H22FN5OS/c1-12(2)17(26)22-16-15(13-7-6-8-14(20)11-13)21-18-25(16)23-19(27-18)24-9-4-3-5-10-24/h6-8,11-12H,3-5,9-10H2,1-2H3,(H,22,26). The van der Waals surface area contributed by atoms with Gasteiger partial charge in [-0.25, -0.2) is 9.37 Å². The molecular weight excluding hydrogens is 365 g/mol. The second-order valence-corrected chi connectivity index (χ2v) is 8.02. The predicted octanol–water partition coefficient (Wildman–Crippen LogP) is 4.18. The fourth-order valence-electron chi connectivity index (χ4n) is 3.16. The molecule has 1 fully saturated rings. The molecule has 0 spiro atoms. The van der Waals surface area contributed by atoms with Crippen LogP contribution in [-0.4, -0.2) is 33.6 Å². The summed E-state index contributed by atoms with van der Waals surface area (Å²) in [5.41, 5.74) is 1.15. The molecule has 1 N–H and O–H groups in total. The van der Waals surface area contributed by atoms with Crippen LogP contribution in [0.3, 0.4) is 0 Å². The highest BCUT2D eigenvalue weighted by Crippen LogP contribution is 2.34. The quantitative estimate of drug-likeness (QED) is 0.729. The topological polar surface area (TPSA) is 62.5 Å². The van der Waals surface area contributed by atoms with Gasteiger partial charge in [0.25, 0.3) is 0 Å². The van der Waals surface area contributed by atoms with Crippen LogP contribution in [0.1, 0.15) is 33.1 Å². The molecule has 0 unspecified atom stereocenters. The minimum Gasteiger partial charge on any atom is -0.347 e. The van der Waals surface area contributed by atoms with Gasteiger partial charge in [0, 0.05) is 24.6 Å². The number of nitrogens with one attached hydrogen (secondary N) is 1. The van der Waals surface area contributed by atoms with Crippen LogP contribution < -0.4 is 10.2 Å². The first kappa shape index (κ1) is 17.9. The number of carbonyl (C=O) groups is 1. The average molecular weight is 387 g/mol. The van der Waals surface area contributed by atoms with Gasteiger partial charge in [-0.1, -0.05) is 37.3 Å². The van der Waals surface area contributed by atoms with Crippen LogP contribution in [-0.2, 0) is 4.79 Å². The predicted molar refractivity (Wildman–Crippen MR) is 106 cm³/mol. The van der Waals surface area contributed by atoms with E-state index in [-0.39, 0.29) is 17.6 Å². The lowest BCUT2D eigenvalue weighted by Gasteiger charge is -2.25. The van der Waals surface area contributed by atoms with Crippen LogP contribution in [0.2, 0.25) is 0 Å². The zero-order valence-corrected chi connectivity index (χ0v) is 16.2. The Balaban J connectivity index is 1.79. The van der Waals surface area contributed by atoms with E-state index >= 15 is 0 Å². The highest BCUT2D eigenvalue weighted by molar-refractivity contribution is 7.20. The van der Waals surface area contributed by atoms with Crippen molar-refractivity contribution < 1.29 is 9.18 Å². The Morgan fingerprint density at radius 2 is 2.04 bits per heavy atom. The number of anilines is 2. The van der Waals surface area contributed by atoms with Crippen LogP contribution in [0.15, 0.2) is 24.3 Å². The maximum absolute atomic E-state index is 13.7. The van der Waals surface area contributed by atoms with E-state index in [1.165, 1.54) is 29.9 Å². The van der Waals surface area contributed by atoms with E-state index in [0.29, 0.717) is 22.0 Å². The number of amides is 1. The second-order valence-electron chi connectivity index (χ2n) is 7.09. The lowest BCUT2D eigenvalue weighted by Crippen LogP contribution is -2.29. The van der Waals surface area contributed by atoms with Crippen LogP contribution in [0.5, 0.6) is 0 Å². The van der Waals surface area contributed by atoms with Crippen molar-refractivity contribution in [1.29, 1.82) is 0 Å². The number of imidazole rings is 1. The Kier molecular flexibility index (Phi) is 4.82. The number of rotatable bonds is 4. The number of hydrogen-bond donors (Lipinski definition) is 1. The summed E-state index contributed by atoms with van der Waals surface area (Å²) >= 11 is 1.49. The molecule has 0 bridgehead atoms. The molecule has 1 aliphatic heterocycles. The van der Waals surface area contributed by atoms with Gasteiger partial charge < -0.3 is 10.2 Å². The summed E-state index contributed by atoms with van der Waals surface area (Å²) in [6, 6.07) is 6.23. The maximum atomic E-state index is 13.7. The molecule has 0 aliphatic carbocycles. The Morgan fingerprint density at radius 3 is 2.74 bits per heavy atom. The van der Waals surface area contributed by atoms with Crippen molar-refractivity contribution >= 4 is 33.2 Å². The minimum atomic E-state index is -0.341. The summed E-state index contributed by atoms with van der Waals surface area (Å²) in [5.74, 6) is -0.154. The summed E-state index contributed by atoms with van der Waals surface area (Å²) in [4.78, 5) is 20.0. The summed E-state index contributed by atoms with van der Waals surface area (Å²) in [7, 11) is 0. The molecule has 27 heavy (non-hydrogen) atoms.